The SMILES string of the molecule is CN.CN.CN.Nc1ccc2c(c1)NC(=O)C2. The molecule has 0 aliphatic carbocycles. The molecule has 0 radical (unpaired) electrons. The topological polar surface area (TPSA) is 133 Å². The summed E-state index contributed by atoms with van der Waals surface area (Å²) in [5.74, 6) is 0.0469. The number of rotatable bonds is 0. The number of amides is 1. The molecule has 1 heterocycles. The molecule has 0 saturated heterocycles. The summed E-state index contributed by atoms with van der Waals surface area (Å²) in [5, 5.41) is 2.72. The van der Waals surface area contributed by atoms with E-state index in [1.165, 1.54) is 21.1 Å². The van der Waals surface area contributed by atoms with Crippen molar-refractivity contribution in [3.63, 3.8) is 0 Å². The van der Waals surface area contributed by atoms with E-state index in [0.29, 0.717) is 12.1 Å². The van der Waals surface area contributed by atoms with Gasteiger partial charge in [-0.25, -0.2) is 0 Å². The Morgan fingerprint density at radius 1 is 1.06 bits per heavy atom. The van der Waals surface area contributed by atoms with Crippen LogP contribution in [-0.4, -0.2) is 27.1 Å². The standard InChI is InChI=1S/C8H8N2O.3CH5N/c9-6-2-1-5-3-8(11)10-7(5)4-6;3*1-2/h1-2,4H,3,9H2,(H,10,11);3*2H2,1H3. The zero-order valence-electron chi connectivity index (χ0n) is 10.7. The number of carbonyl (C=O) groups excluding carboxylic acids is 1. The van der Waals surface area contributed by atoms with Crippen LogP contribution in [0.4, 0.5) is 11.4 Å². The Kier molecular flexibility index (Phi) is 11.4. The molecule has 1 aliphatic heterocycles. The Labute approximate surface area is 102 Å². The molecule has 1 aliphatic rings. The number of hydrogen-bond acceptors (Lipinski definition) is 5. The van der Waals surface area contributed by atoms with Crippen LogP contribution < -0.4 is 28.3 Å². The van der Waals surface area contributed by atoms with Gasteiger partial charge < -0.3 is 28.3 Å². The van der Waals surface area contributed by atoms with Gasteiger partial charge in [0.25, 0.3) is 0 Å². The lowest BCUT2D eigenvalue weighted by Gasteiger charge is -1.97. The van der Waals surface area contributed by atoms with Crippen LogP contribution in [0.5, 0.6) is 0 Å². The summed E-state index contributed by atoms with van der Waals surface area (Å²) < 4.78 is 0. The molecule has 17 heavy (non-hydrogen) atoms. The maximum atomic E-state index is 10.9. The third-order valence-electron chi connectivity index (χ3n) is 1.76. The summed E-state index contributed by atoms with van der Waals surface area (Å²) in [6, 6.07) is 5.46. The molecule has 1 amide bonds. The number of hydrogen-bond donors (Lipinski definition) is 5. The van der Waals surface area contributed by atoms with E-state index in [-0.39, 0.29) is 5.91 Å². The molecule has 0 fully saturated rings. The van der Waals surface area contributed by atoms with Gasteiger partial charge in [-0.2, -0.15) is 0 Å². The van der Waals surface area contributed by atoms with Crippen molar-refractivity contribution in [2.75, 3.05) is 32.2 Å². The molecule has 6 heteroatoms. The molecular formula is C11H23N5O. The monoisotopic (exact) mass is 241 g/mol. The first kappa shape index (κ1) is 17.8. The zero-order chi connectivity index (χ0) is 13.8. The summed E-state index contributed by atoms with van der Waals surface area (Å²) >= 11 is 0. The van der Waals surface area contributed by atoms with Gasteiger partial charge in [-0.05, 0) is 38.8 Å². The predicted molar refractivity (Wildman–Crippen MR) is 73.5 cm³/mol. The highest BCUT2D eigenvalue weighted by atomic mass is 16.1. The second kappa shape index (κ2) is 10.9. The van der Waals surface area contributed by atoms with Crippen LogP contribution in [0.2, 0.25) is 0 Å². The minimum absolute atomic E-state index is 0.0469. The molecule has 0 unspecified atom stereocenters. The van der Waals surface area contributed by atoms with E-state index in [2.05, 4.69) is 22.5 Å². The van der Waals surface area contributed by atoms with Crippen molar-refractivity contribution in [3.8, 4) is 0 Å². The van der Waals surface area contributed by atoms with E-state index in [1.807, 2.05) is 6.07 Å². The predicted octanol–water partition coefficient (Wildman–Crippen LogP) is -0.512. The summed E-state index contributed by atoms with van der Waals surface area (Å²) in [4.78, 5) is 10.9. The number of nitrogen functional groups attached to an aromatic ring is 1. The number of anilines is 2. The van der Waals surface area contributed by atoms with Crippen molar-refractivity contribution in [1.82, 2.24) is 0 Å². The van der Waals surface area contributed by atoms with Crippen molar-refractivity contribution in [2.45, 2.75) is 6.42 Å². The molecule has 9 N–H and O–H groups in total. The van der Waals surface area contributed by atoms with E-state index in [9.17, 15) is 4.79 Å². The molecule has 2 rings (SSSR count). The van der Waals surface area contributed by atoms with Gasteiger partial charge in [0, 0.05) is 11.4 Å². The first-order valence-corrected chi connectivity index (χ1v) is 5.17. The summed E-state index contributed by atoms with van der Waals surface area (Å²) in [5.41, 5.74) is 21.6. The quantitative estimate of drug-likeness (QED) is 0.390. The summed E-state index contributed by atoms with van der Waals surface area (Å²) in [7, 11) is 4.50. The fourth-order valence-electron chi connectivity index (χ4n) is 1.23. The minimum Gasteiger partial charge on any atom is -0.399 e. The molecule has 0 spiro atoms. The van der Waals surface area contributed by atoms with Crippen molar-refractivity contribution in [3.05, 3.63) is 23.8 Å². The van der Waals surface area contributed by atoms with E-state index >= 15 is 0 Å². The first-order valence-electron chi connectivity index (χ1n) is 5.17. The average Bonchev–Trinajstić information content (AvgIpc) is 2.76. The normalized spacial score (nSPS) is 10.4. The lowest BCUT2D eigenvalue weighted by molar-refractivity contribution is -0.115. The Hall–Kier alpha value is -1.63. The zero-order valence-corrected chi connectivity index (χ0v) is 10.7. The maximum Gasteiger partial charge on any atom is 0.228 e. The minimum atomic E-state index is 0.0469. The Morgan fingerprint density at radius 2 is 1.59 bits per heavy atom. The molecule has 1 aromatic rings. The van der Waals surface area contributed by atoms with Crippen LogP contribution in [0.25, 0.3) is 0 Å². The van der Waals surface area contributed by atoms with Gasteiger partial charge >= 0.3 is 0 Å². The molecular weight excluding hydrogens is 218 g/mol. The Morgan fingerprint density at radius 3 is 2.12 bits per heavy atom. The third-order valence-corrected chi connectivity index (χ3v) is 1.76. The van der Waals surface area contributed by atoms with Crippen LogP contribution in [0, 0.1) is 0 Å². The largest absolute Gasteiger partial charge is 0.399 e. The van der Waals surface area contributed by atoms with Crippen LogP contribution in [0.1, 0.15) is 5.56 Å². The van der Waals surface area contributed by atoms with Gasteiger partial charge in [0.05, 0.1) is 6.42 Å². The second-order valence-corrected chi connectivity index (χ2v) is 2.64. The van der Waals surface area contributed by atoms with Gasteiger partial charge in [-0.15, -0.1) is 0 Å². The first-order chi connectivity index (χ1) is 8.25. The van der Waals surface area contributed by atoms with Gasteiger partial charge in [0.2, 0.25) is 5.91 Å². The number of fused-ring (bicyclic) bond motifs is 1. The Bertz CT molecular complexity index is 328. The van der Waals surface area contributed by atoms with Crippen LogP contribution >= 0.6 is 0 Å². The molecule has 0 aromatic heterocycles. The summed E-state index contributed by atoms with van der Waals surface area (Å²) in [6.45, 7) is 0. The fourth-order valence-corrected chi connectivity index (χ4v) is 1.23. The third kappa shape index (κ3) is 5.86. The maximum absolute atomic E-state index is 10.9. The molecule has 6 nitrogen and oxygen atoms in total. The molecule has 0 bridgehead atoms. The van der Waals surface area contributed by atoms with Gasteiger partial charge in [0.1, 0.15) is 0 Å². The molecule has 98 valence electrons. The smallest absolute Gasteiger partial charge is 0.228 e. The van der Waals surface area contributed by atoms with E-state index in [0.717, 1.165) is 11.3 Å². The molecule has 0 atom stereocenters. The van der Waals surface area contributed by atoms with E-state index in [1.54, 1.807) is 12.1 Å². The number of carbonyl (C=O) groups is 1. The van der Waals surface area contributed by atoms with Crippen molar-refractivity contribution >= 4 is 17.3 Å². The molecule has 1 aromatic carbocycles. The van der Waals surface area contributed by atoms with Crippen LogP contribution in [-0.2, 0) is 11.2 Å². The van der Waals surface area contributed by atoms with Crippen LogP contribution in [0.15, 0.2) is 18.2 Å². The Balaban J connectivity index is 0. The number of nitrogens with one attached hydrogen (secondary N) is 1. The number of nitrogens with two attached hydrogens (primary N) is 4. The van der Waals surface area contributed by atoms with Crippen molar-refractivity contribution in [2.24, 2.45) is 17.2 Å². The van der Waals surface area contributed by atoms with Crippen LogP contribution in [0.3, 0.4) is 0 Å². The van der Waals surface area contributed by atoms with E-state index < -0.39 is 0 Å². The highest BCUT2D eigenvalue weighted by Crippen LogP contribution is 2.24. The highest BCUT2D eigenvalue weighted by Gasteiger charge is 2.16. The second-order valence-electron chi connectivity index (χ2n) is 2.64. The average molecular weight is 241 g/mol. The summed E-state index contributed by atoms with van der Waals surface area (Å²) in [6.07, 6.45) is 0.482. The number of benzene rings is 1. The van der Waals surface area contributed by atoms with Crippen molar-refractivity contribution in [1.29, 1.82) is 0 Å². The fraction of sp³-hybridized carbons (Fsp3) is 0.364. The lowest BCUT2D eigenvalue weighted by atomic mass is 10.1. The van der Waals surface area contributed by atoms with Gasteiger partial charge in [-0.1, -0.05) is 6.07 Å². The van der Waals surface area contributed by atoms with Gasteiger partial charge in [0.15, 0.2) is 0 Å². The van der Waals surface area contributed by atoms with E-state index in [4.69, 9.17) is 5.73 Å². The molecule has 0 saturated carbocycles. The highest BCUT2D eigenvalue weighted by molar-refractivity contribution is 5.99. The lowest BCUT2D eigenvalue weighted by Crippen LogP contribution is -2.03. The van der Waals surface area contributed by atoms with Gasteiger partial charge in [-0.3, -0.25) is 4.79 Å². The van der Waals surface area contributed by atoms with Crippen molar-refractivity contribution < 1.29 is 4.79 Å².